The standard InChI is InChI=1S/C8H3N2.Al/c9-5-7-3-1-2-4-8(7)6-10;/h1-3H;. The van der Waals surface area contributed by atoms with Gasteiger partial charge in [0.2, 0.25) is 0 Å². The lowest BCUT2D eigenvalue weighted by molar-refractivity contribution is 1.45. The normalized spacial score (nSPS) is 8.18. The summed E-state index contributed by atoms with van der Waals surface area (Å²) in [4.78, 5) is 0. The lowest BCUT2D eigenvalue weighted by Gasteiger charge is -1.97. The maximum atomic E-state index is 8.62. The van der Waals surface area contributed by atoms with Crippen molar-refractivity contribution in [2.75, 3.05) is 0 Å². The van der Waals surface area contributed by atoms with E-state index in [4.69, 9.17) is 10.5 Å². The monoisotopic (exact) mass is 154 g/mol. The fourth-order valence-corrected chi connectivity index (χ4v) is 1.12. The molecule has 0 saturated heterocycles. The van der Waals surface area contributed by atoms with Crippen LogP contribution in [0.1, 0.15) is 11.1 Å². The van der Waals surface area contributed by atoms with Crippen LogP contribution in [0.2, 0.25) is 0 Å². The molecule has 0 aromatic heterocycles. The first kappa shape index (κ1) is 7.84. The van der Waals surface area contributed by atoms with E-state index in [1.54, 1.807) is 18.2 Å². The highest BCUT2D eigenvalue weighted by atomic mass is 27.0. The van der Waals surface area contributed by atoms with Gasteiger partial charge in [-0.2, -0.15) is 10.5 Å². The van der Waals surface area contributed by atoms with Crippen LogP contribution in [0.15, 0.2) is 18.2 Å². The van der Waals surface area contributed by atoms with E-state index >= 15 is 0 Å². The lowest BCUT2D eigenvalue weighted by atomic mass is 10.1. The second-order valence-electron chi connectivity index (χ2n) is 1.99. The summed E-state index contributed by atoms with van der Waals surface area (Å²) in [6.45, 7) is 0. The average molecular weight is 154 g/mol. The van der Waals surface area contributed by atoms with Gasteiger partial charge in [-0.15, -0.1) is 4.43 Å². The Morgan fingerprint density at radius 3 is 2.36 bits per heavy atom. The van der Waals surface area contributed by atoms with Crippen molar-refractivity contribution in [2.45, 2.75) is 0 Å². The van der Waals surface area contributed by atoms with Crippen LogP contribution in [0.4, 0.5) is 0 Å². The van der Waals surface area contributed by atoms with Crippen LogP contribution in [-0.2, 0) is 0 Å². The molecule has 2 radical (unpaired) electrons. The number of rotatable bonds is 0. The molecule has 0 fully saturated rings. The molecular weight excluding hydrogens is 151 g/mol. The smallest absolute Gasteiger partial charge is 0.177 e. The molecule has 2 nitrogen and oxygen atoms in total. The Labute approximate surface area is 73.1 Å². The van der Waals surface area contributed by atoms with Crippen molar-refractivity contribution in [3.63, 3.8) is 0 Å². The third kappa shape index (κ3) is 1.41. The molecule has 0 spiro atoms. The summed E-state index contributed by atoms with van der Waals surface area (Å²) in [5.41, 5.74) is 0.875. The van der Waals surface area contributed by atoms with Gasteiger partial charge >= 0.3 is 0 Å². The molecule has 0 atom stereocenters. The minimum atomic E-state index is 0.431. The summed E-state index contributed by atoms with van der Waals surface area (Å²) in [7, 11) is 0. The number of hydrogen-bond donors (Lipinski definition) is 0. The number of nitrogens with zero attached hydrogens (tertiary/aromatic N) is 2. The highest BCUT2D eigenvalue weighted by Crippen LogP contribution is 2.01. The van der Waals surface area contributed by atoms with Crippen molar-refractivity contribution in [2.24, 2.45) is 0 Å². The molecule has 11 heavy (non-hydrogen) atoms. The Morgan fingerprint density at radius 2 is 1.91 bits per heavy atom. The first-order valence-electron chi connectivity index (χ1n) is 2.98. The van der Waals surface area contributed by atoms with E-state index in [-0.39, 0.29) is 0 Å². The number of nitriles is 2. The van der Waals surface area contributed by atoms with Crippen LogP contribution in [0.5, 0.6) is 0 Å². The van der Waals surface area contributed by atoms with Crippen molar-refractivity contribution < 1.29 is 0 Å². The molecule has 0 bridgehead atoms. The Kier molecular flexibility index (Phi) is 2.29. The molecule has 3 heteroatoms. The van der Waals surface area contributed by atoms with E-state index in [9.17, 15) is 0 Å². The van der Waals surface area contributed by atoms with Gasteiger partial charge in [0.15, 0.2) is 16.3 Å². The first-order valence-corrected chi connectivity index (χ1v) is 3.56. The summed E-state index contributed by atoms with van der Waals surface area (Å²) in [5, 5.41) is 17.2. The zero-order chi connectivity index (χ0) is 8.27. The van der Waals surface area contributed by atoms with Gasteiger partial charge in [-0.1, -0.05) is 12.1 Å². The summed E-state index contributed by atoms with van der Waals surface area (Å²) < 4.78 is 0.770. The van der Waals surface area contributed by atoms with Crippen molar-refractivity contribution >= 4 is 20.7 Å². The van der Waals surface area contributed by atoms with Gasteiger partial charge in [0.1, 0.15) is 6.07 Å². The molecule has 48 valence electrons. The first-order chi connectivity index (χ1) is 5.29. The fourth-order valence-electron chi connectivity index (χ4n) is 0.788. The third-order valence-corrected chi connectivity index (χ3v) is 1.81. The molecule has 0 saturated carbocycles. The van der Waals surface area contributed by atoms with E-state index in [2.05, 4.69) is 16.3 Å². The molecular formula is C8H3AlN2. The Balaban J connectivity index is 3.42. The molecule has 0 aliphatic heterocycles. The van der Waals surface area contributed by atoms with Crippen molar-refractivity contribution in [3.05, 3.63) is 29.3 Å². The van der Waals surface area contributed by atoms with Crippen molar-refractivity contribution in [3.8, 4) is 12.1 Å². The van der Waals surface area contributed by atoms with Gasteiger partial charge < -0.3 is 0 Å². The van der Waals surface area contributed by atoms with Crippen LogP contribution in [0.25, 0.3) is 0 Å². The minimum absolute atomic E-state index is 0.431. The predicted octanol–water partition coefficient (Wildman–Crippen LogP) is 0.224. The second kappa shape index (κ2) is 3.22. The fraction of sp³-hybridized carbons (Fsp3) is 0. The van der Waals surface area contributed by atoms with Gasteiger partial charge in [-0.25, -0.2) is 0 Å². The highest BCUT2D eigenvalue weighted by Gasteiger charge is 2.00. The predicted molar refractivity (Wildman–Crippen MR) is 41.3 cm³/mol. The van der Waals surface area contributed by atoms with E-state index in [1.165, 1.54) is 0 Å². The van der Waals surface area contributed by atoms with Gasteiger partial charge in [0.05, 0.1) is 17.2 Å². The molecule has 0 N–H and O–H groups in total. The Hall–Kier alpha value is -1.27. The molecule has 1 aromatic rings. The maximum Gasteiger partial charge on any atom is 0.177 e. The molecule has 0 amide bonds. The summed E-state index contributed by atoms with van der Waals surface area (Å²) in [5.74, 6) is 0. The van der Waals surface area contributed by atoms with E-state index in [1.807, 2.05) is 12.1 Å². The third-order valence-electron chi connectivity index (χ3n) is 1.33. The summed E-state index contributed by atoms with van der Waals surface area (Å²) >= 11 is 2.42. The summed E-state index contributed by atoms with van der Waals surface area (Å²) in [6.07, 6.45) is 0. The topological polar surface area (TPSA) is 47.6 Å². The largest absolute Gasteiger partial charge is 0.192 e. The van der Waals surface area contributed by atoms with Crippen LogP contribution in [0.3, 0.4) is 0 Å². The number of benzene rings is 1. The molecule has 0 unspecified atom stereocenters. The molecule has 0 aliphatic carbocycles. The zero-order valence-corrected chi connectivity index (χ0v) is 6.86. The molecule has 1 aromatic carbocycles. The molecule has 0 aliphatic rings. The number of hydrogen-bond acceptors (Lipinski definition) is 2. The SMILES string of the molecule is N#Cc1ccc[c]([Al])c1C#N. The van der Waals surface area contributed by atoms with Crippen LogP contribution >= 0.6 is 0 Å². The van der Waals surface area contributed by atoms with E-state index in [0.717, 1.165) is 4.43 Å². The van der Waals surface area contributed by atoms with Crippen molar-refractivity contribution in [1.29, 1.82) is 10.5 Å². The average Bonchev–Trinajstić information content (AvgIpc) is 2.04. The van der Waals surface area contributed by atoms with Crippen LogP contribution in [0, 0.1) is 22.7 Å². The second-order valence-corrected chi connectivity index (χ2v) is 2.62. The van der Waals surface area contributed by atoms with Gasteiger partial charge in [0, 0.05) is 0 Å². The maximum absolute atomic E-state index is 8.62. The minimum Gasteiger partial charge on any atom is -0.192 e. The highest BCUT2D eigenvalue weighted by molar-refractivity contribution is 6.34. The van der Waals surface area contributed by atoms with Crippen LogP contribution < -0.4 is 4.43 Å². The van der Waals surface area contributed by atoms with Gasteiger partial charge in [-0.3, -0.25) is 0 Å². The zero-order valence-electron chi connectivity index (χ0n) is 5.70. The van der Waals surface area contributed by atoms with E-state index in [0.29, 0.717) is 11.1 Å². The lowest BCUT2D eigenvalue weighted by Crippen LogP contribution is -2.08. The quantitative estimate of drug-likeness (QED) is 0.502. The molecule has 0 heterocycles. The van der Waals surface area contributed by atoms with Crippen molar-refractivity contribution in [1.82, 2.24) is 0 Å². The Bertz CT molecular complexity index is 357. The van der Waals surface area contributed by atoms with Crippen LogP contribution in [-0.4, -0.2) is 16.3 Å². The van der Waals surface area contributed by atoms with Gasteiger partial charge in [-0.05, 0) is 6.07 Å². The summed E-state index contributed by atoms with van der Waals surface area (Å²) in [6, 6.07) is 9.09. The molecule has 1 rings (SSSR count). The Morgan fingerprint density at radius 1 is 1.18 bits per heavy atom. The van der Waals surface area contributed by atoms with Gasteiger partial charge in [0.25, 0.3) is 0 Å². The van der Waals surface area contributed by atoms with E-state index < -0.39 is 0 Å².